The van der Waals surface area contributed by atoms with Crippen molar-refractivity contribution in [3.05, 3.63) is 82.3 Å². The van der Waals surface area contributed by atoms with Gasteiger partial charge in [0, 0.05) is 9.86 Å². The fourth-order valence-corrected chi connectivity index (χ4v) is 4.59. The lowest BCUT2D eigenvalue weighted by atomic mass is 9.89. The molecule has 0 atom stereocenters. The van der Waals surface area contributed by atoms with E-state index in [0.717, 1.165) is 6.42 Å². The van der Waals surface area contributed by atoms with Gasteiger partial charge in [-0.1, -0.05) is 73.7 Å². The van der Waals surface area contributed by atoms with Crippen LogP contribution in [0, 0.1) is 6.92 Å². The number of rotatable bonds is 2. The molecule has 0 fully saturated rings. The van der Waals surface area contributed by atoms with Crippen LogP contribution in [0.1, 0.15) is 18.1 Å². The zero-order chi connectivity index (χ0) is 16.7. The van der Waals surface area contributed by atoms with Crippen molar-refractivity contribution in [2.45, 2.75) is 20.3 Å². The van der Waals surface area contributed by atoms with Crippen LogP contribution in [0.5, 0.6) is 0 Å². The van der Waals surface area contributed by atoms with Gasteiger partial charge in [-0.15, -0.1) is 0 Å². The van der Waals surface area contributed by atoms with Crippen LogP contribution in [0.2, 0.25) is 0 Å². The molecule has 0 radical (unpaired) electrons. The third-order valence-electron chi connectivity index (χ3n) is 4.96. The van der Waals surface area contributed by atoms with Gasteiger partial charge in [-0.05, 0) is 67.7 Å². The first-order valence-electron chi connectivity index (χ1n) is 8.40. The maximum absolute atomic E-state index is 3.93. The van der Waals surface area contributed by atoms with Crippen LogP contribution in [0.4, 0.5) is 0 Å². The van der Waals surface area contributed by atoms with E-state index in [-0.39, 0.29) is 0 Å². The number of aryl methyl sites for hydroxylation is 2. The third-order valence-corrected chi connectivity index (χ3v) is 5.78. The maximum atomic E-state index is 3.93. The zero-order valence-electron chi connectivity index (χ0n) is 13.9. The second-order valence-electron chi connectivity index (χ2n) is 6.22. The summed E-state index contributed by atoms with van der Waals surface area (Å²) in [5, 5.41) is 5.39. The van der Waals surface area contributed by atoms with E-state index in [4.69, 9.17) is 0 Å². The molecule has 0 saturated heterocycles. The molecule has 118 valence electrons. The Hall–Kier alpha value is -2.12. The van der Waals surface area contributed by atoms with Gasteiger partial charge in [-0.2, -0.15) is 0 Å². The summed E-state index contributed by atoms with van der Waals surface area (Å²) in [6.07, 6.45) is 1.03. The molecule has 0 aliphatic heterocycles. The van der Waals surface area contributed by atoms with E-state index < -0.39 is 0 Å². The lowest BCUT2D eigenvalue weighted by Gasteiger charge is -2.17. The second kappa shape index (κ2) is 6.07. The largest absolute Gasteiger partial charge is 0.0622 e. The number of halogens is 1. The van der Waals surface area contributed by atoms with Crippen molar-refractivity contribution in [3.8, 4) is 11.1 Å². The van der Waals surface area contributed by atoms with Gasteiger partial charge in [-0.3, -0.25) is 0 Å². The van der Waals surface area contributed by atoms with E-state index in [9.17, 15) is 0 Å². The molecule has 1 heteroatoms. The summed E-state index contributed by atoms with van der Waals surface area (Å²) in [5.41, 5.74) is 5.34. The smallest absolute Gasteiger partial charge is 0.0335 e. The van der Waals surface area contributed by atoms with Crippen LogP contribution in [0.15, 0.2) is 71.2 Å². The number of fused-ring (bicyclic) bond motifs is 3. The van der Waals surface area contributed by atoms with Crippen molar-refractivity contribution in [3.63, 3.8) is 0 Å². The number of hydrogen-bond donors (Lipinski definition) is 0. The molecule has 0 spiro atoms. The first-order chi connectivity index (χ1) is 11.7. The van der Waals surface area contributed by atoms with Crippen molar-refractivity contribution < 1.29 is 0 Å². The summed E-state index contributed by atoms with van der Waals surface area (Å²) < 4.78 is 1.21. The van der Waals surface area contributed by atoms with Crippen molar-refractivity contribution in [1.29, 1.82) is 0 Å². The summed E-state index contributed by atoms with van der Waals surface area (Å²) in [4.78, 5) is 0. The van der Waals surface area contributed by atoms with Gasteiger partial charge in [0.25, 0.3) is 0 Å². The first-order valence-corrected chi connectivity index (χ1v) is 9.19. The highest BCUT2D eigenvalue weighted by Gasteiger charge is 2.15. The molecular formula is C23H19Br. The Morgan fingerprint density at radius 1 is 0.750 bits per heavy atom. The minimum absolute atomic E-state index is 1.03. The van der Waals surface area contributed by atoms with Crippen molar-refractivity contribution in [1.82, 2.24) is 0 Å². The highest BCUT2D eigenvalue weighted by Crippen LogP contribution is 2.41. The topological polar surface area (TPSA) is 0 Å². The number of benzene rings is 4. The van der Waals surface area contributed by atoms with Crippen LogP contribution in [0.25, 0.3) is 32.7 Å². The molecule has 0 N–H and O–H groups in total. The van der Waals surface area contributed by atoms with E-state index in [1.165, 1.54) is 48.3 Å². The number of hydrogen-bond acceptors (Lipinski definition) is 0. The average molecular weight is 375 g/mol. The molecule has 0 unspecified atom stereocenters. The van der Waals surface area contributed by atoms with Gasteiger partial charge in [0.05, 0.1) is 0 Å². The van der Waals surface area contributed by atoms with E-state index in [1.807, 2.05) is 0 Å². The second-order valence-corrected chi connectivity index (χ2v) is 7.01. The molecule has 4 rings (SSSR count). The summed E-state index contributed by atoms with van der Waals surface area (Å²) in [7, 11) is 0. The summed E-state index contributed by atoms with van der Waals surface area (Å²) in [5.74, 6) is 0. The Kier molecular flexibility index (Phi) is 3.90. The molecule has 0 aliphatic carbocycles. The molecule has 0 aromatic heterocycles. The minimum atomic E-state index is 1.03. The average Bonchev–Trinajstić information content (AvgIpc) is 2.64. The van der Waals surface area contributed by atoms with Crippen LogP contribution in [-0.2, 0) is 6.42 Å². The highest BCUT2D eigenvalue weighted by molar-refractivity contribution is 9.10. The predicted molar refractivity (Wildman–Crippen MR) is 109 cm³/mol. The SMILES string of the molecule is CCc1c(C)c2ccccc2c2ccc(-c3ccccc3)c(Br)c12. The molecule has 4 aromatic rings. The molecule has 0 amide bonds. The van der Waals surface area contributed by atoms with Crippen molar-refractivity contribution >= 4 is 37.5 Å². The van der Waals surface area contributed by atoms with Gasteiger partial charge >= 0.3 is 0 Å². The van der Waals surface area contributed by atoms with Crippen LogP contribution < -0.4 is 0 Å². The normalized spacial score (nSPS) is 11.3. The molecule has 0 saturated carbocycles. The van der Waals surface area contributed by atoms with Crippen LogP contribution in [0.3, 0.4) is 0 Å². The Bertz CT molecular complexity index is 1050. The van der Waals surface area contributed by atoms with E-state index in [0.29, 0.717) is 0 Å². The third kappa shape index (κ3) is 2.27. The molecule has 24 heavy (non-hydrogen) atoms. The fraction of sp³-hybridized carbons (Fsp3) is 0.130. The first kappa shape index (κ1) is 15.4. The van der Waals surface area contributed by atoms with Gasteiger partial charge in [0.2, 0.25) is 0 Å². The summed E-state index contributed by atoms with van der Waals surface area (Å²) >= 11 is 3.93. The zero-order valence-corrected chi connectivity index (χ0v) is 15.5. The summed E-state index contributed by atoms with van der Waals surface area (Å²) in [6.45, 7) is 4.50. The quantitative estimate of drug-likeness (QED) is 0.323. The standard InChI is InChI=1S/C23H19Br/c1-3-17-15(2)18-11-7-8-12-20(18)21-14-13-19(23(24)22(17)21)16-9-5-4-6-10-16/h4-14H,3H2,1-2H3. The molecule has 0 aliphatic rings. The van der Waals surface area contributed by atoms with Crippen molar-refractivity contribution in [2.75, 3.05) is 0 Å². The molecule has 0 heterocycles. The van der Waals surface area contributed by atoms with Gasteiger partial charge in [0.1, 0.15) is 0 Å². The van der Waals surface area contributed by atoms with Crippen LogP contribution in [-0.4, -0.2) is 0 Å². The molecular weight excluding hydrogens is 356 g/mol. The maximum Gasteiger partial charge on any atom is 0.0335 e. The Balaban J connectivity index is 2.17. The van der Waals surface area contributed by atoms with E-state index >= 15 is 0 Å². The van der Waals surface area contributed by atoms with Gasteiger partial charge in [-0.25, -0.2) is 0 Å². The van der Waals surface area contributed by atoms with Crippen molar-refractivity contribution in [2.24, 2.45) is 0 Å². The highest BCUT2D eigenvalue weighted by atomic mass is 79.9. The minimum Gasteiger partial charge on any atom is -0.0622 e. The molecule has 0 bridgehead atoms. The summed E-state index contributed by atoms with van der Waals surface area (Å²) in [6, 6.07) is 23.9. The lowest BCUT2D eigenvalue weighted by Crippen LogP contribution is -1.94. The Morgan fingerprint density at radius 3 is 2.12 bits per heavy atom. The predicted octanol–water partition coefficient (Wildman–Crippen LogP) is 7.29. The fourth-order valence-electron chi connectivity index (χ4n) is 3.77. The van der Waals surface area contributed by atoms with Gasteiger partial charge in [0.15, 0.2) is 0 Å². The van der Waals surface area contributed by atoms with Gasteiger partial charge < -0.3 is 0 Å². The molecule has 4 aromatic carbocycles. The van der Waals surface area contributed by atoms with E-state index in [2.05, 4.69) is 96.5 Å². The Labute approximate surface area is 151 Å². The Morgan fingerprint density at radius 2 is 1.42 bits per heavy atom. The molecule has 0 nitrogen and oxygen atoms in total. The monoisotopic (exact) mass is 374 g/mol. The van der Waals surface area contributed by atoms with Crippen LogP contribution >= 0.6 is 15.9 Å². The lowest BCUT2D eigenvalue weighted by molar-refractivity contribution is 1.14. The van der Waals surface area contributed by atoms with E-state index in [1.54, 1.807) is 0 Å².